The van der Waals surface area contributed by atoms with E-state index in [2.05, 4.69) is 32.0 Å². The lowest BCUT2D eigenvalue weighted by Crippen LogP contribution is -2.38. The van der Waals surface area contributed by atoms with Crippen LogP contribution < -0.4 is 5.32 Å². The Balaban J connectivity index is 1.68. The van der Waals surface area contributed by atoms with Crippen molar-refractivity contribution in [3.05, 3.63) is 46.3 Å². The van der Waals surface area contributed by atoms with Crippen molar-refractivity contribution in [2.75, 3.05) is 32.1 Å². The molecule has 1 N–H and O–H groups in total. The van der Waals surface area contributed by atoms with E-state index in [1.54, 1.807) is 11.3 Å². The third kappa shape index (κ3) is 3.17. The molecular weight excluding hydrogens is 270 g/mol. The first-order valence-electron chi connectivity index (χ1n) is 6.85. The van der Waals surface area contributed by atoms with Gasteiger partial charge < -0.3 is 10.1 Å². The van der Waals surface area contributed by atoms with Crippen LogP contribution in [0.25, 0.3) is 0 Å². The van der Waals surface area contributed by atoms with E-state index in [9.17, 15) is 0 Å². The van der Waals surface area contributed by atoms with Gasteiger partial charge in [0, 0.05) is 26.7 Å². The SMILES string of the molecule is CNc1cccc(C2CN(Cc3ccsc3)CCO2)n1. The molecule has 106 valence electrons. The summed E-state index contributed by atoms with van der Waals surface area (Å²) in [5.74, 6) is 0.890. The van der Waals surface area contributed by atoms with Crippen LogP contribution in [0.1, 0.15) is 17.4 Å². The molecule has 1 unspecified atom stereocenters. The van der Waals surface area contributed by atoms with Gasteiger partial charge in [-0.25, -0.2) is 4.98 Å². The van der Waals surface area contributed by atoms with Crippen LogP contribution in [0.15, 0.2) is 35.0 Å². The summed E-state index contributed by atoms with van der Waals surface area (Å²) in [6.07, 6.45) is 0.0654. The second-order valence-electron chi connectivity index (χ2n) is 4.92. The Morgan fingerprint density at radius 2 is 2.40 bits per heavy atom. The van der Waals surface area contributed by atoms with Gasteiger partial charge in [0.2, 0.25) is 0 Å². The average Bonchev–Trinajstić information content (AvgIpc) is 3.00. The summed E-state index contributed by atoms with van der Waals surface area (Å²) in [4.78, 5) is 7.02. The van der Waals surface area contributed by atoms with E-state index in [1.165, 1.54) is 5.56 Å². The standard InChI is InChI=1S/C15H19N3OS/c1-16-15-4-2-3-13(17-15)14-10-18(6-7-19-14)9-12-5-8-20-11-12/h2-5,8,11,14H,6-7,9-10H2,1H3,(H,16,17). The highest BCUT2D eigenvalue weighted by Gasteiger charge is 2.23. The van der Waals surface area contributed by atoms with E-state index in [0.717, 1.165) is 37.8 Å². The van der Waals surface area contributed by atoms with Crippen molar-refractivity contribution in [2.24, 2.45) is 0 Å². The number of hydrogen-bond donors (Lipinski definition) is 1. The Bertz CT molecular complexity index is 544. The zero-order valence-corrected chi connectivity index (χ0v) is 12.4. The molecule has 1 aliphatic rings. The number of morpholine rings is 1. The van der Waals surface area contributed by atoms with Crippen LogP contribution in [0.2, 0.25) is 0 Å². The number of pyridine rings is 1. The number of anilines is 1. The van der Waals surface area contributed by atoms with Crippen LogP contribution in [-0.4, -0.2) is 36.6 Å². The Labute approximate surface area is 123 Å². The van der Waals surface area contributed by atoms with Gasteiger partial charge in [-0.2, -0.15) is 11.3 Å². The van der Waals surface area contributed by atoms with E-state index >= 15 is 0 Å². The molecule has 0 amide bonds. The molecule has 0 aliphatic carbocycles. The molecule has 5 heteroatoms. The van der Waals surface area contributed by atoms with E-state index in [4.69, 9.17) is 4.74 Å². The maximum absolute atomic E-state index is 5.88. The summed E-state index contributed by atoms with van der Waals surface area (Å²) in [5.41, 5.74) is 2.39. The fraction of sp³-hybridized carbons (Fsp3) is 0.400. The third-order valence-corrected chi connectivity index (χ3v) is 4.23. The number of hydrogen-bond acceptors (Lipinski definition) is 5. The van der Waals surface area contributed by atoms with Gasteiger partial charge in [-0.3, -0.25) is 4.90 Å². The molecule has 2 aromatic heterocycles. The number of ether oxygens (including phenoxy) is 1. The normalized spacial score (nSPS) is 19.9. The predicted octanol–water partition coefficient (Wildman–Crippen LogP) is 2.76. The summed E-state index contributed by atoms with van der Waals surface area (Å²) in [6.45, 7) is 3.64. The van der Waals surface area contributed by atoms with E-state index in [1.807, 2.05) is 25.2 Å². The summed E-state index contributed by atoms with van der Waals surface area (Å²) < 4.78 is 5.88. The number of aromatic nitrogens is 1. The molecule has 0 radical (unpaired) electrons. The first-order chi connectivity index (χ1) is 9.85. The number of nitrogens with one attached hydrogen (secondary N) is 1. The summed E-state index contributed by atoms with van der Waals surface area (Å²) >= 11 is 1.75. The largest absolute Gasteiger partial charge is 0.373 e. The molecule has 3 heterocycles. The van der Waals surface area contributed by atoms with Crippen LogP contribution in [0.4, 0.5) is 5.82 Å². The first kappa shape index (κ1) is 13.5. The molecule has 20 heavy (non-hydrogen) atoms. The third-order valence-electron chi connectivity index (χ3n) is 3.49. The van der Waals surface area contributed by atoms with Crippen molar-refractivity contribution >= 4 is 17.2 Å². The van der Waals surface area contributed by atoms with E-state index < -0.39 is 0 Å². The molecule has 0 saturated carbocycles. The van der Waals surface area contributed by atoms with Gasteiger partial charge in [0.15, 0.2) is 0 Å². The van der Waals surface area contributed by atoms with Crippen molar-refractivity contribution in [3.8, 4) is 0 Å². The minimum Gasteiger partial charge on any atom is -0.373 e. The zero-order chi connectivity index (χ0) is 13.8. The molecular formula is C15H19N3OS. The fourth-order valence-corrected chi connectivity index (χ4v) is 3.10. The Morgan fingerprint density at radius 1 is 1.45 bits per heavy atom. The quantitative estimate of drug-likeness (QED) is 0.939. The molecule has 1 atom stereocenters. The summed E-state index contributed by atoms with van der Waals surface area (Å²) in [7, 11) is 1.89. The molecule has 1 aliphatic heterocycles. The van der Waals surface area contributed by atoms with Crippen molar-refractivity contribution in [3.63, 3.8) is 0 Å². The highest BCUT2D eigenvalue weighted by Crippen LogP contribution is 2.23. The highest BCUT2D eigenvalue weighted by atomic mass is 32.1. The molecule has 0 spiro atoms. The van der Waals surface area contributed by atoms with Gasteiger partial charge in [-0.1, -0.05) is 6.07 Å². The highest BCUT2D eigenvalue weighted by molar-refractivity contribution is 7.07. The van der Waals surface area contributed by atoms with Gasteiger partial charge in [-0.15, -0.1) is 0 Å². The van der Waals surface area contributed by atoms with Gasteiger partial charge >= 0.3 is 0 Å². The van der Waals surface area contributed by atoms with Gasteiger partial charge in [0.1, 0.15) is 11.9 Å². The summed E-state index contributed by atoms with van der Waals surface area (Å²) in [6, 6.07) is 8.22. The molecule has 1 fully saturated rings. The van der Waals surface area contributed by atoms with Gasteiger partial charge in [0.25, 0.3) is 0 Å². The second kappa shape index (κ2) is 6.35. The number of rotatable bonds is 4. The van der Waals surface area contributed by atoms with Crippen LogP contribution >= 0.6 is 11.3 Å². The van der Waals surface area contributed by atoms with Crippen LogP contribution in [-0.2, 0) is 11.3 Å². The number of thiophene rings is 1. The Kier molecular flexibility index (Phi) is 4.30. The fourth-order valence-electron chi connectivity index (χ4n) is 2.44. The Morgan fingerprint density at radius 3 is 3.20 bits per heavy atom. The molecule has 0 bridgehead atoms. The van der Waals surface area contributed by atoms with Gasteiger partial charge in [0.05, 0.1) is 12.3 Å². The van der Waals surface area contributed by atoms with Gasteiger partial charge in [-0.05, 0) is 34.5 Å². The lowest BCUT2D eigenvalue weighted by molar-refractivity contribution is -0.0348. The van der Waals surface area contributed by atoms with Crippen molar-refractivity contribution in [2.45, 2.75) is 12.6 Å². The lowest BCUT2D eigenvalue weighted by atomic mass is 10.1. The molecule has 3 rings (SSSR count). The van der Waals surface area contributed by atoms with Crippen LogP contribution in [0, 0.1) is 0 Å². The monoisotopic (exact) mass is 289 g/mol. The minimum atomic E-state index is 0.0654. The first-order valence-corrected chi connectivity index (χ1v) is 7.79. The Hall–Kier alpha value is -1.43. The van der Waals surface area contributed by atoms with Crippen molar-refractivity contribution in [1.82, 2.24) is 9.88 Å². The van der Waals surface area contributed by atoms with E-state index in [0.29, 0.717) is 0 Å². The molecule has 0 aromatic carbocycles. The van der Waals surface area contributed by atoms with Crippen LogP contribution in [0.3, 0.4) is 0 Å². The molecule has 4 nitrogen and oxygen atoms in total. The maximum atomic E-state index is 5.88. The predicted molar refractivity (Wildman–Crippen MR) is 82.1 cm³/mol. The average molecular weight is 289 g/mol. The zero-order valence-electron chi connectivity index (χ0n) is 11.6. The summed E-state index contributed by atoms with van der Waals surface area (Å²) in [5, 5.41) is 7.42. The molecule has 2 aromatic rings. The van der Waals surface area contributed by atoms with Crippen LogP contribution in [0.5, 0.6) is 0 Å². The van der Waals surface area contributed by atoms with Crippen molar-refractivity contribution < 1.29 is 4.74 Å². The topological polar surface area (TPSA) is 37.4 Å². The molecule has 1 saturated heterocycles. The second-order valence-corrected chi connectivity index (χ2v) is 5.70. The smallest absolute Gasteiger partial charge is 0.126 e. The minimum absolute atomic E-state index is 0.0654. The van der Waals surface area contributed by atoms with E-state index in [-0.39, 0.29) is 6.10 Å². The van der Waals surface area contributed by atoms with Crippen molar-refractivity contribution in [1.29, 1.82) is 0 Å². The maximum Gasteiger partial charge on any atom is 0.126 e. The lowest BCUT2D eigenvalue weighted by Gasteiger charge is -2.32. The number of nitrogens with zero attached hydrogens (tertiary/aromatic N) is 2.